The molecule has 0 aliphatic heterocycles. The van der Waals surface area contributed by atoms with E-state index in [9.17, 15) is 9.59 Å². The van der Waals surface area contributed by atoms with Crippen LogP contribution in [0, 0.1) is 0 Å². The smallest absolute Gasteiger partial charge is 0.275 e. The Morgan fingerprint density at radius 3 is 2.67 bits per heavy atom. The number of fused-ring (bicyclic) bond motifs is 1. The first-order valence-electron chi connectivity index (χ1n) is 8.59. The molecule has 0 saturated heterocycles. The summed E-state index contributed by atoms with van der Waals surface area (Å²) in [5, 5.41) is 5.44. The highest BCUT2D eigenvalue weighted by Gasteiger charge is 2.15. The largest absolute Gasteiger partial charge is 0.497 e. The maximum Gasteiger partial charge on any atom is 0.275 e. The van der Waals surface area contributed by atoms with Gasteiger partial charge in [-0.25, -0.2) is 4.68 Å². The summed E-state index contributed by atoms with van der Waals surface area (Å²) in [6.07, 6.45) is 3.27. The summed E-state index contributed by atoms with van der Waals surface area (Å²) in [5.74, 6) is 0.558. The number of carbonyl (C=O) groups excluding carboxylic acids is 1. The van der Waals surface area contributed by atoms with Gasteiger partial charge in [0.25, 0.3) is 5.56 Å². The van der Waals surface area contributed by atoms with Crippen molar-refractivity contribution in [2.45, 2.75) is 13.1 Å². The van der Waals surface area contributed by atoms with E-state index in [0.717, 1.165) is 16.7 Å². The van der Waals surface area contributed by atoms with Crippen LogP contribution in [0.2, 0.25) is 0 Å². The van der Waals surface area contributed by atoms with Gasteiger partial charge >= 0.3 is 0 Å². The second kappa shape index (κ2) is 8.31. The highest BCUT2D eigenvalue weighted by Crippen LogP contribution is 2.13. The average molecular weight is 363 g/mol. The summed E-state index contributed by atoms with van der Waals surface area (Å²) in [6, 6.07) is 14.7. The maximum atomic E-state index is 12.8. The SMILES string of the molecule is C=CCN(Cc1ccc(OC)cc1)C(=O)Cn1ncc2ccccc2c1=O. The van der Waals surface area contributed by atoms with Crippen molar-refractivity contribution < 1.29 is 9.53 Å². The molecule has 0 aliphatic carbocycles. The maximum absolute atomic E-state index is 12.8. The number of hydrogen-bond acceptors (Lipinski definition) is 4. The van der Waals surface area contributed by atoms with E-state index in [2.05, 4.69) is 11.7 Å². The van der Waals surface area contributed by atoms with E-state index in [4.69, 9.17) is 4.74 Å². The predicted molar refractivity (Wildman–Crippen MR) is 105 cm³/mol. The van der Waals surface area contributed by atoms with Gasteiger partial charge in [-0.05, 0) is 23.8 Å². The fourth-order valence-electron chi connectivity index (χ4n) is 2.83. The molecule has 0 atom stereocenters. The minimum Gasteiger partial charge on any atom is -0.497 e. The lowest BCUT2D eigenvalue weighted by Crippen LogP contribution is -2.37. The van der Waals surface area contributed by atoms with Gasteiger partial charge < -0.3 is 9.64 Å². The molecule has 6 heteroatoms. The van der Waals surface area contributed by atoms with Crippen LogP contribution in [0.4, 0.5) is 0 Å². The van der Waals surface area contributed by atoms with Crippen molar-refractivity contribution in [3.63, 3.8) is 0 Å². The number of nitrogens with zero attached hydrogens (tertiary/aromatic N) is 3. The molecule has 0 saturated carbocycles. The van der Waals surface area contributed by atoms with Crippen molar-refractivity contribution in [2.24, 2.45) is 0 Å². The fraction of sp³-hybridized carbons (Fsp3) is 0.190. The zero-order valence-corrected chi connectivity index (χ0v) is 15.2. The first kappa shape index (κ1) is 18.4. The summed E-state index contributed by atoms with van der Waals surface area (Å²) in [5.41, 5.74) is 0.689. The molecule has 0 spiro atoms. The third-order valence-corrected chi connectivity index (χ3v) is 4.28. The van der Waals surface area contributed by atoms with E-state index in [1.807, 2.05) is 36.4 Å². The molecular formula is C21H21N3O3. The molecule has 2 aromatic carbocycles. The first-order valence-corrected chi connectivity index (χ1v) is 8.59. The lowest BCUT2D eigenvalue weighted by atomic mass is 10.2. The first-order chi connectivity index (χ1) is 13.1. The Morgan fingerprint density at radius 1 is 1.22 bits per heavy atom. The number of hydrogen-bond donors (Lipinski definition) is 0. The number of rotatable bonds is 7. The van der Waals surface area contributed by atoms with Crippen molar-refractivity contribution in [1.29, 1.82) is 0 Å². The molecule has 1 amide bonds. The molecule has 3 rings (SSSR count). The van der Waals surface area contributed by atoms with E-state index >= 15 is 0 Å². The fourth-order valence-corrected chi connectivity index (χ4v) is 2.83. The van der Waals surface area contributed by atoms with Crippen LogP contribution < -0.4 is 10.3 Å². The third kappa shape index (κ3) is 4.23. The summed E-state index contributed by atoms with van der Waals surface area (Å²) in [7, 11) is 1.61. The number of amides is 1. The van der Waals surface area contributed by atoms with Crippen LogP contribution in [-0.4, -0.2) is 34.2 Å². The number of ether oxygens (including phenoxy) is 1. The zero-order chi connectivity index (χ0) is 19.2. The van der Waals surface area contributed by atoms with E-state index < -0.39 is 0 Å². The standard InChI is InChI=1S/C21H21N3O3/c1-3-12-23(14-16-8-10-18(27-2)11-9-16)20(25)15-24-21(26)19-7-5-4-6-17(19)13-22-24/h3-11,13H,1,12,14-15H2,2H3. The Labute approximate surface area is 157 Å². The van der Waals surface area contributed by atoms with Gasteiger partial charge in [0.2, 0.25) is 5.91 Å². The molecule has 0 N–H and O–H groups in total. The molecule has 0 aliphatic rings. The van der Waals surface area contributed by atoms with Crippen LogP contribution in [0.3, 0.4) is 0 Å². The Kier molecular flexibility index (Phi) is 5.66. The lowest BCUT2D eigenvalue weighted by molar-refractivity contribution is -0.132. The Hall–Kier alpha value is -3.41. The molecule has 1 heterocycles. The van der Waals surface area contributed by atoms with Gasteiger partial charge in [-0.15, -0.1) is 6.58 Å². The monoisotopic (exact) mass is 363 g/mol. The van der Waals surface area contributed by atoms with Crippen LogP contribution in [0.5, 0.6) is 5.75 Å². The van der Waals surface area contributed by atoms with Gasteiger partial charge in [-0.3, -0.25) is 9.59 Å². The van der Waals surface area contributed by atoms with Crippen LogP contribution in [0.25, 0.3) is 10.8 Å². The molecular weight excluding hydrogens is 342 g/mol. The average Bonchev–Trinajstić information content (AvgIpc) is 2.70. The Balaban J connectivity index is 1.79. The predicted octanol–water partition coefficient (Wildman–Crippen LogP) is 2.62. The van der Waals surface area contributed by atoms with Crippen molar-refractivity contribution >= 4 is 16.7 Å². The molecule has 27 heavy (non-hydrogen) atoms. The van der Waals surface area contributed by atoms with E-state index in [0.29, 0.717) is 18.5 Å². The zero-order valence-electron chi connectivity index (χ0n) is 15.2. The number of methoxy groups -OCH3 is 1. The molecule has 1 aromatic heterocycles. The quantitative estimate of drug-likeness (QED) is 0.606. The highest BCUT2D eigenvalue weighted by atomic mass is 16.5. The van der Waals surface area contributed by atoms with E-state index in [1.165, 1.54) is 4.68 Å². The Morgan fingerprint density at radius 2 is 1.96 bits per heavy atom. The van der Waals surface area contributed by atoms with E-state index in [-0.39, 0.29) is 18.0 Å². The second-order valence-corrected chi connectivity index (χ2v) is 6.11. The topological polar surface area (TPSA) is 64.4 Å². The van der Waals surface area contributed by atoms with Crippen LogP contribution in [0.15, 0.2) is 72.2 Å². The number of benzene rings is 2. The van der Waals surface area contributed by atoms with Crippen molar-refractivity contribution in [1.82, 2.24) is 14.7 Å². The summed E-state index contributed by atoms with van der Waals surface area (Å²) >= 11 is 0. The van der Waals surface area contributed by atoms with E-state index in [1.54, 1.807) is 36.4 Å². The Bertz CT molecular complexity index is 1010. The third-order valence-electron chi connectivity index (χ3n) is 4.28. The number of aromatic nitrogens is 2. The molecule has 0 bridgehead atoms. The minimum absolute atomic E-state index is 0.117. The second-order valence-electron chi connectivity index (χ2n) is 6.11. The molecule has 138 valence electrons. The van der Waals surface area contributed by atoms with Gasteiger partial charge in [0, 0.05) is 18.5 Å². The normalized spacial score (nSPS) is 10.6. The lowest BCUT2D eigenvalue weighted by Gasteiger charge is -2.21. The highest BCUT2D eigenvalue weighted by molar-refractivity contribution is 5.81. The van der Waals surface area contributed by atoms with Crippen LogP contribution in [0.1, 0.15) is 5.56 Å². The molecule has 0 radical (unpaired) electrons. The van der Waals surface area contributed by atoms with Crippen LogP contribution >= 0.6 is 0 Å². The van der Waals surface area contributed by atoms with Gasteiger partial charge in [-0.2, -0.15) is 5.10 Å². The molecule has 0 unspecified atom stereocenters. The minimum atomic E-state index is -0.274. The summed E-state index contributed by atoms with van der Waals surface area (Å²) in [4.78, 5) is 27.0. The van der Waals surface area contributed by atoms with Crippen LogP contribution in [-0.2, 0) is 17.9 Å². The summed E-state index contributed by atoms with van der Waals surface area (Å²) in [6.45, 7) is 4.40. The van der Waals surface area contributed by atoms with Crippen molar-refractivity contribution in [2.75, 3.05) is 13.7 Å². The van der Waals surface area contributed by atoms with Gasteiger partial charge in [0.15, 0.2) is 0 Å². The van der Waals surface area contributed by atoms with Gasteiger partial charge in [-0.1, -0.05) is 36.4 Å². The molecule has 0 fully saturated rings. The van der Waals surface area contributed by atoms with Crippen molar-refractivity contribution in [3.8, 4) is 5.75 Å². The van der Waals surface area contributed by atoms with Gasteiger partial charge in [0.1, 0.15) is 12.3 Å². The molecule has 3 aromatic rings. The van der Waals surface area contributed by atoms with Crippen molar-refractivity contribution in [3.05, 3.63) is 83.3 Å². The molecule has 6 nitrogen and oxygen atoms in total. The summed E-state index contributed by atoms with van der Waals surface area (Å²) < 4.78 is 6.36. The number of carbonyl (C=O) groups is 1. The van der Waals surface area contributed by atoms with Gasteiger partial charge in [0.05, 0.1) is 18.7 Å².